The SMILES string of the molecule is Cc1c(C(=O)Nc2nnc(C3CCCO3)s2)sc2ncn(Cc3ccccc3)c(=O)c12. The lowest BCUT2D eigenvalue weighted by atomic mass is 10.2. The van der Waals surface area contributed by atoms with Crippen molar-refractivity contribution >= 4 is 43.9 Å². The van der Waals surface area contributed by atoms with Crippen LogP contribution in [0.3, 0.4) is 0 Å². The number of nitrogens with zero attached hydrogens (tertiary/aromatic N) is 4. The second-order valence-electron chi connectivity index (χ2n) is 7.30. The van der Waals surface area contributed by atoms with Crippen LogP contribution < -0.4 is 10.9 Å². The molecule has 8 nitrogen and oxygen atoms in total. The Hall–Kier alpha value is -2.95. The van der Waals surface area contributed by atoms with Gasteiger partial charge in [-0.1, -0.05) is 41.7 Å². The van der Waals surface area contributed by atoms with Crippen LogP contribution in [0.1, 0.15) is 44.8 Å². The largest absolute Gasteiger partial charge is 0.371 e. The van der Waals surface area contributed by atoms with Gasteiger partial charge in [0.2, 0.25) is 5.13 Å². The molecule has 0 bridgehead atoms. The van der Waals surface area contributed by atoms with Crippen LogP contribution in [0.2, 0.25) is 0 Å². The fourth-order valence-corrected chi connectivity index (χ4v) is 5.47. The van der Waals surface area contributed by atoms with Gasteiger partial charge in [0, 0.05) is 6.61 Å². The van der Waals surface area contributed by atoms with Gasteiger partial charge in [-0.25, -0.2) is 4.98 Å². The molecule has 0 radical (unpaired) electrons. The normalized spacial score (nSPS) is 16.1. The summed E-state index contributed by atoms with van der Waals surface area (Å²) >= 11 is 2.52. The van der Waals surface area contributed by atoms with E-state index in [0.29, 0.717) is 32.3 Å². The first-order valence-corrected chi connectivity index (χ1v) is 11.5. The number of carbonyl (C=O) groups is 1. The summed E-state index contributed by atoms with van der Waals surface area (Å²) in [6, 6.07) is 9.72. The van der Waals surface area contributed by atoms with Crippen LogP contribution in [0.15, 0.2) is 41.5 Å². The third kappa shape index (κ3) is 3.89. The van der Waals surface area contributed by atoms with Crippen LogP contribution in [0.4, 0.5) is 5.13 Å². The van der Waals surface area contributed by atoms with E-state index in [2.05, 4.69) is 20.5 Å². The molecule has 31 heavy (non-hydrogen) atoms. The fraction of sp³-hybridized carbons (Fsp3) is 0.286. The number of rotatable bonds is 5. The summed E-state index contributed by atoms with van der Waals surface area (Å²) in [4.78, 5) is 31.4. The molecule has 3 aromatic heterocycles. The average molecular weight is 454 g/mol. The summed E-state index contributed by atoms with van der Waals surface area (Å²) in [5.74, 6) is -0.315. The highest BCUT2D eigenvalue weighted by atomic mass is 32.1. The topological polar surface area (TPSA) is 99.0 Å². The van der Waals surface area contributed by atoms with E-state index in [1.807, 2.05) is 30.3 Å². The molecule has 1 aliphatic rings. The monoisotopic (exact) mass is 453 g/mol. The van der Waals surface area contributed by atoms with Crippen molar-refractivity contribution in [1.82, 2.24) is 19.7 Å². The van der Waals surface area contributed by atoms with Gasteiger partial charge in [-0.15, -0.1) is 21.5 Å². The van der Waals surface area contributed by atoms with E-state index in [4.69, 9.17) is 4.74 Å². The standard InChI is InChI=1S/C21H19N5O3S2/c1-12-15-19(22-11-26(20(15)28)10-13-6-3-2-4-7-13)30-16(12)17(27)23-21-25-24-18(31-21)14-8-5-9-29-14/h2-4,6-7,11,14H,5,8-10H2,1H3,(H,23,25,27). The smallest absolute Gasteiger partial charge is 0.267 e. The number of ether oxygens (including phenoxy) is 1. The third-order valence-corrected chi connectivity index (χ3v) is 7.31. The zero-order valence-corrected chi connectivity index (χ0v) is 18.3. The molecule has 1 aliphatic heterocycles. The Morgan fingerprint density at radius 3 is 2.87 bits per heavy atom. The quantitative estimate of drug-likeness (QED) is 0.494. The Labute approximate surface area is 185 Å². The summed E-state index contributed by atoms with van der Waals surface area (Å²) < 4.78 is 7.19. The average Bonchev–Trinajstić information content (AvgIpc) is 3.51. The van der Waals surface area contributed by atoms with E-state index in [1.54, 1.807) is 11.5 Å². The van der Waals surface area contributed by atoms with E-state index >= 15 is 0 Å². The van der Waals surface area contributed by atoms with E-state index < -0.39 is 0 Å². The highest BCUT2D eigenvalue weighted by Gasteiger charge is 2.24. The van der Waals surface area contributed by atoms with Gasteiger partial charge in [-0.2, -0.15) is 0 Å². The fourth-order valence-electron chi connectivity index (χ4n) is 3.61. The van der Waals surface area contributed by atoms with Gasteiger partial charge in [0.15, 0.2) is 0 Å². The molecular weight excluding hydrogens is 434 g/mol. The van der Waals surface area contributed by atoms with Crippen LogP contribution in [0.25, 0.3) is 10.2 Å². The number of aromatic nitrogens is 4. The van der Waals surface area contributed by atoms with Gasteiger partial charge < -0.3 is 4.74 Å². The number of hydrogen-bond donors (Lipinski definition) is 1. The van der Waals surface area contributed by atoms with Crippen LogP contribution in [0, 0.1) is 6.92 Å². The molecule has 0 saturated carbocycles. The van der Waals surface area contributed by atoms with E-state index in [0.717, 1.165) is 30.0 Å². The highest BCUT2D eigenvalue weighted by molar-refractivity contribution is 7.21. The van der Waals surface area contributed by atoms with Gasteiger partial charge in [0.05, 0.1) is 23.1 Å². The lowest BCUT2D eigenvalue weighted by Crippen LogP contribution is -2.21. The molecule has 4 heterocycles. The predicted molar refractivity (Wildman–Crippen MR) is 120 cm³/mol. The zero-order chi connectivity index (χ0) is 21.4. The maximum Gasteiger partial charge on any atom is 0.267 e. The van der Waals surface area contributed by atoms with Gasteiger partial charge in [0.1, 0.15) is 15.9 Å². The molecule has 158 valence electrons. The Kier molecular flexibility index (Phi) is 5.34. The Bertz CT molecular complexity index is 1310. The van der Waals surface area contributed by atoms with Crippen molar-refractivity contribution in [2.24, 2.45) is 0 Å². The van der Waals surface area contributed by atoms with Crippen LogP contribution in [-0.2, 0) is 11.3 Å². The molecular formula is C21H19N5O3S2. The number of carbonyl (C=O) groups excluding carboxylic acids is 1. The Balaban J connectivity index is 1.41. The number of aryl methyl sites for hydroxylation is 1. The molecule has 5 rings (SSSR count). The first-order valence-electron chi connectivity index (χ1n) is 9.89. The zero-order valence-electron chi connectivity index (χ0n) is 16.7. The minimum atomic E-state index is -0.315. The predicted octanol–water partition coefficient (Wildman–Crippen LogP) is 3.77. The van der Waals surface area contributed by atoms with Gasteiger partial charge in [0.25, 0.3) is 11.5 Å². The van der Waals surface area contributed by atoms with Gasteiger partial charge in [-0.3, -0.25) is 19.5 Å². The van der Waals surface area contributed by atoms with Crippen molar-refractivity contribution in [2.45, 2.75) is 32.4 Å². The van der Waals surface area contributed by atoms with Crippen molar-refractivity contribution in [3.05, 3.63) is 68.0 Å². The Morgan fingerprint density at radius 1 is 1.26 bits per heavy atom. The molecule has 10 heteroatoms. The molecule has 1 unspecified atom stereocenters. The summed E-state index contributed by atoms with van der Waals surface area (Å²) in [5, 5.41) is 12.7. The molecule has 1 amide bonds. The van der Waals surface area contributed by atoms with Gasteiger partial charge in [-0.05, 0) is 30.9 Å². The highest BCUT2D eigenvalue weighted by Crippen LogP contribution is 2.33. The molecule has 1 fully saturated rings. The van der Waals surface area contributed by atoms with Crippen molar-refractivity contribution in [3.63, 3.8) is 0 Å². The second-order valence-corrected chi connectivity index (χ2v) is 9.31. The number of benzene rings is 1. The van der Waals surface area contributed by atoms with Crippen molar-refractivity contribution in [3.8, 4) is 0 Å². The lowest BCUT2D eigenvalue weighted by Gasteiger charge is -2.05. The molecule has 0 spiro atoms. The van der Waals surface area contributed by atoms with E-state index in [-0.39, 0.29) is 17.6 Å². The number of anilines is 1. The second kappa shape index (κ2) is 8.29. The number of thiophene rings is 1. The number of amides is 1. The molecule has 4 aromatic rings. The number of fused-ring (bicyclic) bond motifs is 1. The molecule has 1 aromatic carbocycles. The van der Waals surface area contributed by atoms with Crippen molar-refractivity contribution < 1.29 is 9.53 Å². The first kappa shape index (κ1) is 20.0. The van der Waals surface area contributed by atoms with E-state index in [9.17, 15) is 9.59 Å². The molecule has 1 saturated heterocycles. The molecule has 0 aliphatic carbocycles. The Morgan fingerprint density at radius 2 is 2.10 bits per heavy atom. The molecule has 1 atom stereocenters. The summed E-state index contributed by atoms with van der Waals surface area (Å²) in [6.07, 6.45) is 3.41. The summed E-state index contributed by atoms with van der Waals surface area (Å²) in [7, 11) is 0. The number of nitrogens with one attached hydrogen (secondary N) is 1. The molecule has 1 N–H and O–H groups in total. The van der Waals surface area contributed by atoms with Crippen LogP contribution in [-0.4, -0.2) is 32.3 Å². The first-order chi connectivity index (χ1) is 15.1. The minimum Gasteiger partial charge on any atom is -0.371 e. The van der Waals surface area contributed by atoms with E-state index in [1.165, 1.54) is 29.0 Å². The van der Waals surface area contributed by atoms with Crippen LogP contribution in [0.5, 0.6) is 0 Å². The maximum absolute atomic E-state index is 13.1. The minimum absolute atomic E-state index is 0.0403. The summed E-state index contributed by atoms with van der Waals surface area (Å²) in [6.45, 7) is 2.93. The van der Waals surface area contributed by atoms with Gasteiger partial charge >= 0.3 is 0 Å². The number of hydrogen-bond acceptors (Lipinski definition) is 8. The van der Waals surface area contributed by atoms with Crippen LogP contribution >= 0.6 is 22.7 Å². The summed E-state index contributed by atoms with van der Waals surface area (Å²) in [5.41, 5.74) is 1.48. The van der Waals surface area contributed by atoms with Crippen molar-refractivity contribution in [1.29, 1.82) is 0 Å². The van der Waals surface area contributed by atoms with Crippen molar-refractivity contribution in [2.75, 3.05) is 11.9 Å². The lowest BCUT2D eigenvalue weighted by molar-refractivity contribution is 0.103. The third-order valence-electron chi connectivity index (χ3n) is 5.19. The maximum atomic E-state index is 13.1.